The molecule has 0 radical (unpaired) electrons. The van der Waals surface area contributed by atoms with Crippen molar-refractivity contribution in [1.29, 1.82) is 0 Å². The molecule has 0 fully saturated rings. The van der Waals surface area contributed by atoms with Crippen LogP contribution in [0, 0.1) is 12.3 Å². The van der Waals surface area contributed by atoms with E-state index in [9.17, 15) is 24.0 Å². The van der Waals surface area contributed by atoms with E-state index in [1.165, 1.54) is 23.0 Å². The number of benzene rings is 2. The van der Waals surface area contributed by atoms with Crippen LogP contribution in [0.3, 0.4) is 0 Å². The molecule has 0 bridgehead atoms. The molecule has 1 aliphatic rings. The van der Waals surface area contributed by atoms with Gasteiger partial charge in [-0.05, 0) is 80.4 Å². The smallest absolute Gasteiger partial charge is 0.316 e. The second-order valence-electron chi connectivity index (χ2n) is 12.5. The minimum atomic E-state index is -1.27. The Morgan fingerprint density at radius 2 is 1.79 bits per heavy atom. The molecule has 3 heterocycles. The number of hydrogen-bond acceptors (Lipinski definition) is 12. The van der Waals surface area contributed by atoms with E-state index in [0.29, 0.717) is 17.3 Å². The van der Waals surface area contributed by atoms with Crippen molar-refractivity contribution in [2.45, 2.75) is 39.8 Å². The van der Waals surface area contributed by atoms with Gasteiger partial charge in [-0.25, -0.2) is 14.6 Å². The Morgan fingerprint density at radius 3 is 2.57 bits per heavy atom. The molecule has 1 unspecified atom stereocenters. The molecule has 268 valence electrons. The minimum Gasteiger partial charge on any atom is -0.458 e. The van der Waals surface area contributed by atoms with Crippen LogP contribution in [0.5, 0.6) is 0 Å². The van der Waals surface area contributed by atoms with Gasteiger partial charge in [-0.2, -0.15) is 0 Å². The summed E-state index contributed by atoms with van der Waals surface area (Å²) in [5.74, 6) is -2.45. The lowest BCUT2D eigenvalue weighted by atomic mass is 9.77. The van der Waals surface area contributed by atoms with Crippen molar-refractivity contribution in [3.63, 3.8) is 0 Å². The van der Waals surface area contributed by atoms with Gasteiger partial charge in [0.05, 0.1) is 22.9 Å². The molecule has 5 N–H and O–H groups in total. The van der Waals surface area contributed by atoms with Crippen LogP contribution in [0.25, 0.3) is 11.3 Å². The largest absolute Gasteiger partial charge is 0.458 e. The average molecular weight is 715 g/mol. The number of hydrogen-bond donors (Lipinski definition) is 4. The average Bonchev–Trinajstić information content (AvgIpc) is 3.59. The van der Waals surface area contributed by atoms with Gasteiger partial charge in [0.25, 0.3) is 11.8 Å². The number of carbonyl (C=O) groups is 5. The summed E-state index contributed by atoms with van der Waals surface area (Å²) in [4.78, 5) is 76.5. The monoisotopic (exact) mass is 714 g/mol. The van der Waals surface area contributed by atoms with Crippen LogP contribution < -0.4 is 21.7 Å². The molecule has 53 heavy (non-hydrogen) atoms. The lowest BCUT2D eigenvalue weighted by molar-refractivity contribution is -0.154. The van der Waals surface area contributed by atoms with Gasteiger partial charge in [-0.1, -0.05) is 17.4 Å². The highest BCUT2D eigenvalue weighted by molar-refractivity contribution is 6.24. The fourth-order valence-corrected chi connectivity index (χ4v) is 5.51. The zero-order valence-corrected chi connectivity index (χ0v) is 28.7. The van der Waals surface area contributed by atoms with E-state index in [2.05, 4.69) is 41.2 Å². The number of nitrogens with one attached hydrogen (secondary N) is 3. The van der Waals surface area contributed by atoms with E-state index in [1.54, 1.807) is 68.0 Å². The highest BCUT2D eigenvalue weighted by Crippen LogP contribution is 2.34. The van der Waals surface area contributed by atoms with Crippen LogP contribution in [-0.2, 0) is 37.1 Å². The standard InChI is InChI=1S/C37H34N10O6/c1-22-15-26(8-9-29(22)43-36-40-14-11-30(44-36)24-6-4-13-39-18-24)41-33(50)23-5-3-7-25(16-23)42-34(51)28-17-37(2,12-10-31(28)48)35(52)53-21-27-19-47(46-45-27)20-32(38)49/h3-9,11,13-19H,10,12,20-21H2,1-2H3,(H2,38,49)(H,41,50)(H,42,51)(H,40,43,44). The summed E-state index contributed by atoms with van der Waals surface area (Å²) in [5.41, 5.74) is 8.20. The summed E-state index contributed by atoms with van der Waals surface area (Å²) in [6.45, 7) is 3.04. The van der Waals surface area contributed by atoms with Crippen molar-refractivity contribution in [1.82, 2.24) is 29.9 Å². The lowest BCUT2D eigenvalue weighted by Gasteiger charge is -2.28. The van der Waals surface area contributed by atoms with Crippen molar-refractivity contribution >= 4 is 52.5 Å². The number of nitrogens with two attached hydrogens (primary N) is 1. The number of aromatic nitrogens is 6. The van der Waals surface area contributed by atoms with E-state index < -0.39 is 34.9 Å². The number of ketones is 1. The molecule has 5 aromatic rings. The van der Waals surface area contributed by atoms with E-state index in [0.717, 1.165) is 22.5 Å². The zero-order chi connectivity index (χ0) is 37.5. The summed E-state index contributed by atoms with van der Waals surface area (Å²) in [5, 5.41) is 16.3. The molecule has 16 nitrogen and oxygen atoms in total. The Morgan fingerprint density at radius 1 is 0.981 bits per heavy atom. The van der Waals surface area contributed by atoms with Crippen molar-refractivity contribution in [2.75, 3.05) is 16.0 Å². The third-order valence-electron chi connectivity index (χ3n) is 8.33. The van der Waals surface area contributed by atoms with Crippen molar-refractivity contribution < 1.29 is 28.7 Å². The van der Waals surface area contributed by atoms with Gasteiger partial charge in [0, 0.05) is 53.2 Å². The Balaban J connectivity index is 1.07. The van der Waals surface area contributed by atoms with E-state index in [1.807, 2.05) is 19.1 Å². The van der Waals surface area contributed by atoms with Crippen LogP contribution in [0.15, 0.2) is 97.1 Å². The third-order valence-corrected chi connectivity index (χ3v) is 8.33. The first-order chi connectivity index (χ1) is 25.5. The first-order valence-electron chi connectivity index (χ1n) is 16.4. The highest BCUT2D eigenvalue weighted by Gasteiger charge is 2.40. The number of pyridine rings is 1. The van der Waals surface area contributed by atoms with Crippen molar-refractivity contribution in [3.05, 3.63) is 114 Å². The normalized spacial score (nSPS) is 15.2. The molecule has 0 saturated carbocycles. The molecule has 1 atom stereocenters. The molecule has 0 saturated heterocycles. The van der Waals surface area contributed by atoms with Crippen LogP contribution in [-0.4, -0.2) is 59.4 Å². The highest BCUT2D eigenvalue weighted by atomic mass is 16.5. The van der Waals surface area contributed by atoms with E-state index >= 15 is 0 Å². The fourth-order valence-electron chi connectivity index (χ4n) is 5.51. The van der Waals surface area contributed by atoms with Gasteiger partial charge in [-0.3, -0.25) is 29.0 Å². The fraction of sp³-hybridized carbons (Fsp3) is 0.189. The second-order valence-corrected chi connectivity index (χ2v) is 12.5. The maximum absolute atomic E-state index is 13.3. The maximum atomic E-state index is 13.3. The summed E-state index contributed by atoms with van der Waals surface area (Å²) in [7, 11) is 0. The summed E-state index contributed by atoms with van der Waals surface area (Å²) in [6, 6.07) is 17.1. The van der Waals surface area contributed by atoms with Gasteiger partial charge < -0.3 is 26.4 Å². The Bertz CT molecular complexity index is 2250. The molecule has 0 aliphatic heterocycles. The van der Waals surface area contributed by atoms with E-state index in [4.69, 9.17) is 10.5 Å². The number of esters is 1. The number of carbonyl (C=O) groups excluding carboxylic acids is 5. The summed E-state index contributed by atoms with van der Waals surface area (Å²) >= 11 is 0. The van der Waals surface area contributed by atoms with Crippen molar-refractivity contribution in [2.24, 2.45) is 11.1 Å². The summed E-state index contributed by atoms with van der Waals surface area (Å²) in [6.07, 6.45) is 7.88. The van der Waals surface area contributed by atoms with Crippen LogP contribution in [0.4, 0.5) is 23.0 Å². The predicted octanol–water partition coefficient (Wildman–Crippen LogP) is 3.90. The Hall–Kier alpha value is -7.10. The quantitative estimate of drug-likeness (QED) is 0.107. The molecule has 6 rings (SSSR count). The number of rotatable bonds is 12. The number of anilines is 4. The number of ether oxygens (including phenoxy) is 1. The van der Waals surface area contributed by atoms with Crippen LogP contribution in [0.1, 0.15) is 41.4 Å². The maximum Gasteiger partial charge on any atom is 0.316 e. The number of primary amides is 1. The molecule has 3 amide bonds. The SMILES string of the molecule is Cc1cc(NC(=O)c2cccc(NC(=O)C3=CC(C)(C(=O)OCc4cn(CC(N)=O)nn4)CCC3=O)c2)ccc1Nc1nccc(-c2cccnc2)n1. The van der Waals surface area contributed by atoms with E-state index in [-0.39, 0.29) is 42.8 Å². The number of aryl methyl sites for hydroxylation is 1. The predicted molar refractivity (Wildman–Crippen MR) is 192 cm³/mol. The Kier molecular flexibility index (Phi) is 10.4. The number of amides is 3. The van der Waals surface area contributed by atoms with Crippen LogP contribution in [0.2, 0.25) is 0 Å². The topological polar surface area (TPSA) is 226 Å². The van der Waals surface area contributed by atoms with Gasteiger partial charge in [0.1, 0.15) is 18.8 Å². The molecular formula is C37H34N10O6. The van der Waals surface area contributed by atoms with Gasteiger partial charge in [0.15, 0.2) is 5.78 Å². The molecule has 2 aromatic carbocycles. The molecule has 1 aliphatic carbocycles. The van der Waals surface area contributed by atoms with Crippen molar-refractivity contribution in [3.8, 4) is 11.3 Å². The summed E-state index contributed by atoms with van der Waals surface area (Å²) < 4.78 is 6.62. The van der Waals surface area contributed by atoms with Gasteiger partial charge in [-0.15, -0.1) is 5.10 Å². The number of Topliss-reactive ketones (excluding diaryl/α,β-unsaturated/α-hetero) is 1. The first-order valence-corrected chi connectivity index (χ1v) is 16.4. The Labute approximate surface area is 302 Å². The third kappa shape index (κ3) is 8.80. The lowest BCUT2D eigenvalue weighted by Crippen LogP contribution is -2.35. The minimum absolute atomic E-state index is 0.0549. The molecular weight excluding hydrogens is 680 g/mol. The van der Waals surface area contributed by atoms with Crippen LogP contribution >= 0.6 is 0 Å². The zero-order valence-electron chi connectivity index (χ0n) is 28.7. The second kappa shape index (κ2) is 15.4. The molecule has 16 heteroatoms. The first kappa shape index (κ1) is 35.7. The van der Waals surface area contributed by atoms with Gasteiger partial charge in [0.2, 0.25) is 11.9 Å². The number of nitrogens with zero attached hydrogens (tertiary/aromatic N) is 6. The molecule has 3 aromatic heterocycles. The molecule has 0 spiro atoms. The van der Waals surface area contributed by atoms with Gasteiger partial charge >= 0.3 is 5.97 Å².